The summed E-state index contributed by atoms with van der Waals surface area (Å²) in [6, 6.07) is 2.14. The van der Waals surface area contributed by atoms with Crippen LogP contribution in [-0.4, -0.2) is 4.98 Å². The van der Waals surface area contributed by atoms with Crippen molar-refractivity contribution in [2.45, 2.75) is 6.43 Å². The zero-order valence-electron chi connectivity index (χ0n) is 5.76. The molecule has 0 aliphatic heterocycles. The highest BCUT2D eigenvalue weighted by molar-refractivity contribution is 5.35. The molecule has 0 fully saturated rings. The van der Waals surface area contributed by atoms with E-state index in [0.717, 1.165) is 0 Å². The summed E-state index contributed by atoms with van der Waals surface area (Å²) in [7, 11) is 0. The Labute approximate surface area is 66.3 Å². The molecule has 0 atom stereocenters. The van der Waals surface area contributed by atoms with Gasteiger partial charge in [0.15, 0.2) is 0 Å². The standard InChI is InChI=1S/C7H3F3N2/c8-6-1-4(2-11)5(3-12-6)7(9)10/h1,3,7H. The van der Waals surface area contributed by atoms with E-state index in [1.54, 1.807) is 0 Å². The molecular weight excluding hydrogens is 169 g/mol. The smallest absolute Gasteiger partial charge is 0.228 e. The zero-order chi connectivity index (χ0) is 9.14. The summed E-state index contributed by atoms with van der Waals surface area (Å²) in [6.45, 7) is 0. The highest BCUT2D eigenvalue weighted by atomic mass is 19.3. The Bertz CT molecular complexity index is 330. The first-order valence-electron chi connectivity index (χ1n) is 2.99. The normalized spacial score (nSPS) is 9.92. The summed E-state index contributed by atoms with van der Waals surface area (Å²) in [4.78, 5) is 3.01. The van der Waals surface area contributed by atoms with Crippen LogP contribution in [0.15, 0.2) is 12.3 Å². The Morgan fingerprint density at radius 2 is 2.17 bits per heavy atom. The van der Waals surface area contributed by atoms with Crippen molar-refractivity contribution >= 4 is 0 Å². The van der Waals surface area contributed by atoms with Crippen LogP contribution < -0.4 is 0 Å². The largest absolute Gasteiger partial charge is 0.266 e. The molecule has 1 aromatic heterocycles. The van der Waals surface area contributed by atoms with E-state index in [9.17, 15) is 13.2 Å². The van der Waals surface area contributed by atoms with E-state index < -0.39 is 17.9 Å². The Morgan fingerprint density at radius 1 is 1.50 bits per heavy atom. The molecule has 1 heterocycles. The van der Waals surface area contributed by atoms with Crippen molar-refractivity contribution in [3.05, 3.63) is 29.3 Å². The van der Waals surface area contributed by atoms with Crippen LogP contribution in [0, 0.1) is 17.3 Å². The quantitative estimate of drug-likeness (QED) is 0.607. The Hall–Kier alpha value is -1.57. The Kier molecular flexibility index (Phi) is 2.29. The molecule has 62 valence electrons. The number of halogens is 3. The van der Waals surface area contributed by atoms with Gasteiger partial charge in [-0.25, -0.2) is 13.8 Å². The van der Waals surface area contributed by atoms with Crippen molar-refractivity contribution in [2.75, 3.05) is 0 Å². The van der Waals surface area contributed by atoms with Gasteiger partial charge < -0.3 is 0 Å². The molecule has 0 aliphatic carbocycles. The molecule has 2 nitrogen and oxygen atoms in total. The van der Waals surface area contributed by atoms with Crippen LogP contribution in [0.2, 0.25) is 0 Å². The fourth-order valence-electron chi connectivity index (χ4n) is 0.711. The molecule has 12 heavy (non-hydrogen) atoms. The van der Waals surface area contributed by atoms with Crippen molar-refractivity contribution in [1.29, 1.82) is 5.26 Å². The van der Waals surface area contributed by atoms with Gasteiger partial charge in [0.05, 0.1) is 17.2 Å². The number of hydrogen-bond acceptors (Lipinski definition) is 2. The van der Waals surface area contributed by atoms with E-state index in [1.165, 1.54) is 6.07 Å². The van der Waals surface area contributed by atoms with Gasteiger partial charge in [0, 0.05) is 12.3 Å². The van der Waals surface area contributed by atoms with E-state index >= 15 is 0 Å². The fourth-order valence-corrected chi connectivity index (χ4v) is 0.711. The van der Waals surface area contributed by atoms with Crippen LogP contribution in [0.25, 0.3) is 0 Å². The number of pyridine rings is 1. The molecule has 0 spiro atoms. The van der Waals surface area contributed by atoms with Crippen LogP contribution in [0.3, 0.4) is 0 Å². The van der Waals surface area contributed by atoms with Gasteiger partial charge in [-0.1, -0.05) is 0 Å². The van der Waals surface area contributed by atoms with Crippen molar-refractivity contribution in [1.82, 2.24) is 4.98 Å². The molecule has 0 amide bonds. The number of hydrogen-bond donors (Lipinski definition) is 0. The molecule has 0 radical (unpaired) electrons. The second-order valence-electron chi connectivity index (χ2n) is 2.01. The van der Waals surface area contributed by atoms with Gasteiger partial charge in [-0.2, -0.15) is 9.65 Å². The molecule has 0 saturated carbocycles. The maximum atomic E-state index is 12.3. The summed E-state index contributed by atoms with van der Waals surface area (Å²) in [6.07, 6.45) is -2.13. The minimum atomic E-state index is -2.80. The topological polar surface area (TPSA) is 36.7 Å². The van der Waals surface area contributed by atoms with Crippen LogP contribution >= 0.6 is 0 Å². The maximum Gasteiger partial charge on any atom is 0.266 e. The summed E-state index contributed by atoms with van der Waals surface area (Å²) in [5.41, 5.74) is -0.920. The van der Waals surface area contributed by atoms with Gasteiger partial charge in [0.1, 0.15) is 0 Å². The third-order valence-corrected chi connectivity index (χ3v) is 1.26. The monoisotopic (exact) mass is 172 g/mol. The molecule has 0 N–H and O–H groups in total. The lowest BCUT2D eigenvalue weighted by molar-refractivity contribution is 0.150. The summed E-state index contributed by atoms with van der Waals surface area (Å²) >= 11 is 0. The first kappa shape index (κ1) is 8.53. The van der Waals surface area contributed by atoms with Gasteiger partial charge >= 0.3 is 0 Å². The lowest BCUT2D eigenvalue weighted by atomic mass is 10.2. The average molecular weight is 172 g/mol. The summed E-state index contributed by atoms with van der Waals surface area (Å²) in [5, 5.41) is 8.31. The molecule has 5 heteroatoms. The maximum absolute atomic E-state index is 12.3. The van der Waals surface area contributed by atoms with E-state index in [-0.39, 0.29) is 5.56 Å². The van der Waals surface area contributed by atoms with Crippen molar-refractivity contribution in [3.63, 3.8) is 0 Å². The third kappa shape index (κ3) is 1.53. The van der Waals surface area contributed by atoms with E-state index in [0.29, 0.717) is 12.3 Å². The fraction of sp³-hybridized carbons (Fsp3) is 0.143. The molecule has 0 aromatic carbocycles. The van der Waals surface area contributed by atoms with Gasteiger partial charge in [-0.3, -0.25) is 0 Å². The zero-order valence-corrected chi connectivity index (χ0v) is 5.76. The predicted octanol–water partition coefficient (Wildman–Crippen LogP) is 2.03. The third-order valence-electron chi connectivity index (χ3n) is 1.26. The number of aromatic nitrogens is 1. The Balaban J connectivity index is 3.23. The van der Waals surface area contributed by atoms with Crippen LogP contribution in [0.5, 0.6) is 0 Å². The van der Waals surface area contributed by atoms with Crippen LogP contribution in [-0.2, 0) is 0 Å². The molecule has 0 saturated heterocycles. The molecule has 0 unspecified atom stereocenters. The first-order chi connectivity index (χ1) is 5.65. The molecule has 1 rings (SSSR count). The lowest BCUT2D eigenvalue weighted by Gasteiger charge is -1.99. The van der Waals surface area contributed by atoms with Gasteiger partial charge in [-0.15, -0.1) is 0 Å². The van der Waals surface area contributed by atoms with Crippen LogP contribution in [0.1, 0.15) is 17.6 Å². The Morgan fingerprint density at radius 3 is 2.67 bits per heavy atom. The molecule has 0 bridgehead atoms. The molecule has 0 aliphatic rings. The van der Waals surface area contributed by atoms with Gasteiger partial charge in [-0.05, 0) is 0 Å². The summed E-state index contributed by atoms with van der Waals surface area (Å²) in [5.74, 6) is -0.934. The van der Waals surface area contributed by atoms with Gasteiger partial charge in [0.25, 0.3) is 6.43 Å². The predicted molar refractivity (Wildman–Crippen MR) is 33.9 cm³/mol. The average Bonchev–Trinajstić information content (AvgIpc) is 2.03. The number of nitriles is 1. The highest BCUT2D eigenvalue weighted by Crippen LogP contribution is 2.21. The molecule has 1 aromatic rings. The second-order valence-corrected chi connectivity index (χ2v) is 2.01. The number of nitrogens with zero attached hydrogens (tertiary/aromatic N) is 2. The van der Waals surface area contributed by atoms with E-state index in [4.69, 9.17) is 5.26 Å². The minimum absolute atomic E-state index is 0.377. The molecular formula is C7H3F3N2. The first-order valence-corrected chi connectivity index (χ1v) is 2.99. The minimum Gasteiger partial charge on any atom is -0.228 e. The van der Waals surface area contributed by atoms with Crippen molar-refractivity contribution in [2.24, 2.45) is 0 Å². The second kappa shape index (κ2) is 3.22. The number of rotatable bonds is 1. The van der Waals surface area contributed by atoms with Crippen molar-refractivity contribution in [3.8, 4) is 6.07 Å². The lowest BCUT2D eigenvalue weighted by Crippen LogP contribution is -1.94. The van der Waals surface area contributed by atoms with Gasteiger partial charge in [0.2, 0.25) is 5.95 Å². The number of alkyl halides is 2. The van der Waals surface area contributed by atoms with E-state index in [2.05, 4.69) is 4.98 Å². The highest BCUT2D eigenvalue weighted by Gasteiger charge is 2.13. The van der Waals surface area contributed by atoms with E-state index in [1.807, 2.05) is 0 Å². The van der Waals surface area contributed by atoms with Crippen molar-refractivity contribution < 1.29 is 13.2 Å². The SMILES string of the molecule is N#Cc1cc(F)ncc1C(F)F. The van der Waals surface area contributed by atoms with Crippen LogP contribution in [0.4, 0.5) is 13.2 Å². The summed E-state index contributed by atoms with van der Waals surface area (Å²) < 4.78 is 36.4.